The van der Waals surface area contributed by atoms with Gasteiger partial charge in [0.05, 0.1) is 11.0 Å². The highest BCUT2D eigenvalue weighted by atomic mass is 16.3. The number of fused-ring (bicyclic) bond motifs is 1. The van der Waals surface area contributed by atoms with Gasteiger partial charge in [-0.3, -0.25) is 0 Å². The summed E-state index contributed by atoms with van der Waals surface area (Å²) in [6, 6.07) is 8.53. The van der Waals surface area contributed by atoms with Crippen molar-refractivity contribution < 1.29 is 5.11 Å². The fraction of sp³-hybridized carbons (Fsp3) is 0.533. The molecule has 0 aliphatic carbocycles. The number of rotatable bonds is 7. The molecule has 1 unspecified atom stereocenters. The van der Waals surface area contributed by atoms with Crippen LogP contribution in [0.5, 0.6) is 0 Å². The molecule has 0 saturated heterocycles. The van der Waals surface area contributed by atoms with Crippen molar-refractivity contribution in [2.75, 3.05) is 13.2 Å². The predicted octanol–water partition coefficient (Wildman–Crippen LogP) is 1.96. The van der Waals surface area contributed by atoms with Gasteiger partial charge in [-0.25, -0.2) is 4.98 Å². The number of para-hydroxylation sites is 2. The Morgan fingerprint density at radius 3 is 2.79 bits per heavy atom. The summed E-state index contributed by atoms with van der Waals surface area (Å²) in [5.74, 6) is 1.11. The van der Waals surface area contributed by atoms with Crippen LogP contribution in [0.15, 0.2) is 24.3 Å². The standard InChI is InChI=1S/C15H23N3O/c1-3-15-17-13-7-5-6-8-14(13)18(15)11-12(9-10-19)16-4-2/h5-8,12,16,19H,3-4,9-11H2,1-2H3. The van der Waals surface area contributed by atoms with E-state index < -0.39 is 0 Å². The van der Waals surface area contributed by atoms with Crippen molar-refractivity contribution in [2.45, 2.75) is 39.3 Å². The third-order valence-electron chi connectivity index (χ3n) is 3.42. The van der Waals surface area contributed by atoms with Gasteiger partial charge in [-0.2, -0.15) is 0 Å². The first-order valence-electron chi connectivity index (χ1n) is 7.08. The molecule has 1 aromatic carbocycles. The Hall–Kier alpha value is -1.39. The third kappa shape index (κ3) is 3.14. The van der Waals surface area contributed by atoms with Crippen molar-refractivity contribution in [3.8, 4) is 0 Å². The minimum atomic E-state index is 0.214. The molecule has 1 heterocycles. The van der Waals surface area contributed by atoms with Crippen molar-refractivity contribution in [3.63, 3.8) is 0 Å². The van der Waals surface area contributed by atoms with Gasteiger partial charge in [0.1, 0.15) is 5.82 Å². The quantitative estimate of drug-likeness (QED) is 0.801. The van der Waals surface area contributed by atoms with Crippen molar-refractivity contribution in [1.82, 2.24) is 14.9 Å². The van der Waals surface area contributed by atoms with Gasteiger partial charge in [-0.05, 0) is 25.1 Å². The normalized spacial score (nSPS) is 13.0. The molecule has 0 radical (unpaired) electrons. The van der Waals surface area contributed by atoms with Gasteiger partial charge in [-0.1, -0.05) is 26.0 Å². The number of nitrogens with zero attached hydrogens (tertiary/aromatic N) is 2. The van der Waals surface area contributed by atoms with E-state index in [9.17, 15) is 0 Å². The molecule has 1 aromatic heterocycles. The summed E-state index contributed by atoms with van der Waals surface area (Å²) in [5.41, 5.74) is 2.23. The van der Waals surface area contributed by atoms with Crippen molar-refractivity contribution in [3.05, 3.63) is 30.1 Å². The van der Waals surface area contributed by atoms with E-state index in [1.807, 2.05) is 12.1 Å². The van der Waals surface area contributed by atoms with E-state index in [2.05, 4.69) is 40.8 Å². The zero-order chi connectivity index (χ0) is 13.7. The number of likely N-dealkylation sites (N-methyl/N-ethyl adjacent to an activating group) is 1. The molecule has 4 heteroatoms. The molecule has 0 bridgehead atoms. The summed E-state index contributed by atoms with van der Waals surface area (Å²) < 4.78 is 2.28. The highest BCUT2D eigenvalue weighted by molar-refractivity contribution is 5.75. The molecule has 2 N–H and O–H groups in total. The van der Waals surface area contributed by atoms with Crippen LogP contribution in [0.4, 0.5) is 0 Å². The second-order valence-electron chi connectivity index (χ2n) is 4.75. The number of aryl methyl sites for hydroxylation is 1. The summed E-state index contributed by atoms with van der Waals surface area (Å²) in [6.07, 6.45) is 1.69. The highest BCUT2D eigenvalue weighted by Gasteiger charge is 2.13. The molecule has 2 aromatic rings. The fourth-order valence-electron chi connectivity index (χ4n) is 2.52. The van der Waals surface area contributed by atoms with Gasteiger partial charge < -0.3 is 15.0 Å². The number of aliphatic hydroxyl groups excluding tert-OH is 1. The molecule has 1 atom stereocenters. The van der Waals surface area contributed by atoms with E-state index in [0.29, 0.717) is 0 Å². The number of hydrogen-bond donors (Lipinski definition) is 2. The first-order chi connectivity index (χ1) is 9.30. The monoisotopic (exact) mass is 261 g/mol. The lowest BCUT2D eigenvalue weighted by atomic mass is 10.2. The first-order valence-corrected chi connectivity index (χ1v) is 7.08. The zero-order valence-electron chi connectivity index (χ0n) is 11.8. The number of imidazole rings is 1. The smallest absolute Gasteiger partial charge is 0.109 e. The maximum Gasteiger partial charge on any atom is 0.109 e. The summed E-state index contributed by atoms with van der Waals surface area (Å²) >= 11 is 0. The predicted molar refractivity (Wildman–Crippen MR) is 78.3 cm³/mol. The Labute approximate surface area is 114 Å². The average Bonchev–Trinajstić information content (AvgIpc) is 2.78. The number of nitrogens with one attached hydrogen (secondary N) is 1. The first kappa shape index (κ1) is 14.0. The Kier molecular flexibility index (Phi) is 4.93. The average molecular weight is 261 g/mol. The molecule has 0 amide bonds. The van der Waals surface area contributed by atoms with Crippen molar-refractivity contribution in [1.29, 1.82) is 0 Å². The maximum absolute atomic E-state index is 9.17. The SMILES string of the molecule is CCNC(CCO)Cn1c(CC)nc2ccccc21. The summed E-state index contributed by atoms with van der Waals surface area (Å²) in [7, 11) is 0. The molecule has 104 valence electrons. The molecular formula is C15H23N3O. The second kappa shape index (κ2) is 6.68. The van der Waals surface area contributed by atoms with Gasteiger partial charge in [0, 0.05) is 25.6 Å². The van der Waals surface area contributed by atoms with Crippen LogP contribution < -0.4 is 5.32 Å². The lowest BCUT2D eigenvalue weighted by Crippen LogP contribution is -2.34. The van der Waals surface area contributed by atoms with Crippen LogP contribution in [0, 0.1) is 0 Å². The van der Waals surface area contributed by atoms with Crippen LogP contribution in [0.25, 0.3) is 11.0 Å². The minimum Gasteiger partial charge on any atom is -0.396 e. The second-order valence-corrected chi connectivity index (χ2v) is 4.75. The lowest BCUT2D eigenvalue weighted by molar-refractivity contribution is 0.257. The van der Waals surface area contributed by atoms with E-state index in [1.54, 1.807) is 0 Å². The molecular weight excluding hydrogens is 238 g/mol. The van der Waals surface area contributed by atoms with Gasteiger partial charge >= 0.3 is 0 Å². The largest absolute Gasteiger partial charge is 0.396 e. The third-order valence-corrected chi connectivity index (χ3v) is 3.42. The molecule has 0 aliphatic rings. The van der Waals surface area contributed by atoms with Crippen LogP contribution in [0.3, 0.4) is 0 Å². The molecule has 19 heavy (non-hydrogen) atoms. The van der Waals surface area contributed by atoms with E-state index in [4.69, 9.17) is 5.11 Å². The zero-order valence-corrected chi connectivity index (χ0v) is 11.8. The molecule has 0 aliphatic heterocycles. The molecule has 0 fully saturated rings. The highest BCUT2D eigenvalue weighted by Crippen LogP contribution is 2.17. The summed E-state index contributed by atoms with van der Waals surface area (Å²) in [6.45, 7) is 6.21. The number of aliphatic hydroxyl groups is 1. The van der Waals surface area contributed by atoms with Crippen LogP contribution in [0.1, 0.15) is 26.1 Å². The topological polar surface area (TPSA) is 50.1 Å². The van der Waals surface area contributed by atoms with Crippen molar-refractivity contribution in [2.24, 2.45) is 0 Å². The van der Waals surface area contributed by atoms with E-state index >= 15 is 0 Å². The van der Waals surface area contributed by atoms with Gasteiger partial charge in [0.2, 0.25) is 0 Å². The number of benzene rings is 1. The molecule has 0 spiro atoms. The summed E-state index contributed by atoms with van der Waals surface area (Å²) in [4.78, 5) is 4.68. The number of aromatic nitrogens is 2. The van der Waals surface area contributed by atoms with Gasteiger partial charge in [0.15, 0.2) is 0 Å². The molecule has 2 rings (SSSR count). The van der Waals surface area contributed by atoms with Crippen LogP contribution in [-0.2, 0) is 13.0 Å². The molecule has 0 saturated carbocycles. The van der Waals surface area contributed by atoms with E-state index in [-0.39, 0.29) is 12.6 Å². The Balaban J connectivity index is 2.31. The lowest BCUT2D eigenvalue weighted by Gasteiger charge is -2.19. The van der Waals surface area contributed by atoms with E-state index in [0.717, 1.165) is 37.3 Å². The van der Waals surface area contributed by atoms with E-state index in [1.165, 1.54) is 5.52 Å². The Bertz CT molecular complexity index is 515. The van der Waals surface area contributed by atoms with Gasteiger partial charge in [-0.15, -0.1) is 0 Å². The van der Waals surface area contributed by atoms with Crippen LogP contribution in [-0.4, -0.2) is 33.9 Å². The number of hydrogen-bond acceptors (Lipinski definition) is 3. The molecule has 4 nitrogen and oxygen atoms in total. The Morgan fingerprint density at radius 1 is 1.32 bits per heavy atom. The van der Waals surface area contributed by atoms with Gasteiger partial charge in [0.25, 0.3) is 0 Å². The maximum atomic E-state index is 9.17. The van der Waals surface area contributed by atoms with Crippen LogP contribution in [0.2, 0.25) is 0 Å². The van der Waals surface area contributed by atoms with Crippen molar-refractivity contribution >= 4 is 11.0 Å². The summed E-state index contributed by atoms with van der Waals surface area (Å²) in [5, 5.41) is 12.6. The minimum absolute atomic E-state index is 0.214. The van der Waals surface area contributed by atoms with Crippen LogP contribution >= 0.6 is 0 Å². The Morgan fingerprint density at radius 2 is 2.11 bits per heavy atom. The fourth-order valence-corrected chi connectivity index (χ4v) is 2.52.